The molecule has 2 unspecified atom stereocenters. The Hall–Kier alpha value is -1.11. The summed E-state index contributed by atoms with van der Waals surface area (Å²) in [6.07, 6.45) is -3.38. The molecule has 6 heteroatoms. The van der Waals surface area contributed by atoms with Crippen LogP contribution in [0.1, 0.15) is 23.6 Å². The molecule has 112 valence electrons. The summed E-state index contributed by atoms with van der Waals surface area (Å²) in [4.78, 5) is 2.09. The van der Waals surface area contributed by atoms with Crippen LogP contribution in [-0.4, -0.2) is 37.7 Å². The fourth-order valence-corrected chi connectivity index (χ4v) is 2.53. The molecule has 0 spiro atoms. The fraction of sp³-hybridized carbons (Fsp3) is 0.571. The van der Waals surface area contributed by atoms with Gasteiger partial charge in [-0.05, 0) is 31.2 Å². The Balaban J connectivity index is 2.14. The van der Waals surface area contributed by atoms with E-state index in [0.717, 1.165) is 30.7 Å². The van der Waals surface area contributed by atoms with Crippen LogP contribution in [0.2, 0.25) is 0 Å². The number of benzene rings is 1. The van der Waals surface area contributed by atoms with Gasteiger partial charge in [-0.15, -0.1) is 0 Å². The third kappa shape index (κ3) is 3.31. The average molecular weight is 288 g/mol. The van der Waals surface area contributed by atoms with Crippen molar-refractivity contribution in [3.05, 3.63) is 35.4 Å². The quantitative estimate of drug-likeness (QED) is 0.924. The van der Waals surface area contributed by atoms with E-state index in [1.54, 1.807) is 0 Å². The van der Waals surface area contributed by atoms with Crippen LogP contribution in [-0.2, 0) is 10.9 Å². The van der Waals surface area contributed by atoms with E-state index in [1.807, 2.05) is 7.05 Å². The lowest BCUT2D eigenvalue weighted by atomic mass is 10.0. The van der Waals surface area contributed by atoms with E-state index >= 15 is 0 Å². The maximum Gasteiger partial charge on any atom is 0.416 e. The fourth-order valence-electron chi connectivity index (χ4n) is 2.53. The Bertz CT molecular complexity index is 427. The largest absolute Gasteiger partial charge is 0.416 e. The van der Waals surface area contributed by atoms with E-state index in [1.165, 1.54) is 12.1 Å². The predicted molar refractivity (Wildman–Crippen MR) is 70.2 cm³/mol. The highest BCUT2D eigenvalue weighted by Gasteiger charge is 2.31. The number of alkyl halides is 3. The number of ether oxygens (including phenoxy) is 1. The van der Waals surface area contributed by atoms with E-state index in [4.69, 9.17) is 10.5 Å². The molecule has 0 bridgehead atoms. The number of nitrogens with zero attached hydrogens (tertiary/aromatic N) is 1. The molecule has 1 aromatic rings. The normalized spacial score (nSPS) is 21.4. The third-order valence-corrected chi connectivity index (χ3v) is 3.82. The van der Waals surface area contributed by atoms with E-state index < -0.39 is 11.7 Å². The first-order chi connectivity index (χ1) is 9.43. The van der Waals surface area contributed by atoms with Crippen LogP contribution in [0.25, 0.3) is 0 Å². The summed E-state index contributed by atoms with van der Waals surface area (Å²) < 4.78 is 43.0. The minimum Gasteiger partial charge on any atom is -0.380 e. The molecule has 1 aliphatic heterocycles. The molecule has 1 saturated heterocycles. The standard InChI is InChI=1S/C14H19F3N2O/c1-19(12-6-7-20-9-12)13(8-18)10-2-4-11(5-3-10)14(15,16)17/h2-5,12-13H,6-9,18H2,1H3. The van der Waals surface area contributed by atoms with Crippen LogP contribution in [0.5, 0.6) is 0 Å². The van der Waals surface area contributed by atoms with Crippen LogP contribution in [0.3, 0.4) is 0 Å². The monoisotopic (exact) mass is 288 g/mol. The van der Waals surface area contributed by atoms with Crippen molar-refractivity contribution < 1.29 is 17.9 Å². The molecule has 1 fully saturated rings. The van der Waals surface area contributed by atoms with E-state index in [-0.39, 0.29) is 12.1 Å². The van der Waals surface area contributed by atoms with Crippen LogP contribution in [0.15, 0.2) is 24.3 Å². The van der Waals surface area contributed by atoms with Gasteiger partial charge in [-0.1, -0.05) is 12.1 Å². The van der Waals surface area contributed by atoms with Crippen molar-refractivity contribution in [1.82, 2.24) is 4.90 Å². The number of rotatable bonds is 4. The lowest BCUT2D eigenvalue weighted by Crippen LogP contribution is -2.38. The molecule has 20 heavy (non-hydrogen) atoms. The molecule has 0 aliphatic carbocycles. The number of hydrogen-bond acceptors (Lipinski definition) is 3. The van der Waals surface area contributed by atoms with Gasteiger partial charge in [0.25, 0.3) is 0 Å². The maximum atomic E-state index is 12.6. The van der Waals surface area contributed by atoms with Gasteiger partial charge in [-0.25, -0.2) is 0 Å². The van der Waals surface area contributed by atoms with Crippen molar-refractivity contribution in [1.29, 1.82) is 0 Å². The van der Waals surface area contributed by atoms with Gasteiger partial charge in [0, 0.05) is 25.2 Å². The van der Waals surface area contributed by atoms with Crippen molar-refractivity contribution in [2.45, 2.75) is 24.7 Å². The summed E-state index contributed by atoms with van der Waals surface area (Å²) in [5.74, 6) is 0. The lowest BCUT2D eigenvalue weighted by molar-refractivity contribution is -0.137. The summed E-state index contributed by atoms with van der Waals surface area (Å²) in [5.41, 5.74) is 5.96. The Labute approximate surface area is 116 Å². The van der Waals surface area contributed by atoms with E-state index in [9.17, 15) is 13.2 Å². The van der Waals surface area contributed by atoms with Crippen LogP contribution in [0, 0.1) is 0 Å². The van der Waals surface area contributed by atoms with Gasteiger partial charge in [0.05, 0.1) is 12.2 Å². The number of likely N-dealkylation sites (N-methyl/N-ethyl adjacent to an activating group) is 1. The van der Waals surface area contributed by atoms with E-state index in [2.05, 4.69) is 4.90 Å². The molecule has 1 aliphatic rings. The Morgan fingerprint density at radius 2 is 2.00 bits per heavy atom. The molecule has 3 nitrogen and oxygen atoms in total. The average Bonchev–Trinajstić information content (AvgIpc) is 2.93. The number of nitrogens with two attached hydrogens (primary N) is 1. The van der Waals surface area contributed by atoms with Crippen molar-refractivity contribution in [3.63, 3.8) is 0 Å². The minimum absolute atomic E-state index is 0.0935. The Kier molecular flexibility index (Phi) is 4.67. The zero-order valence-electron chi connectivity index (χ0n) is 11.4. The summed E-state index contributed by atoms with van der Waals surface area (Å²) >= 11 is 0. The van der Waals surface area contributed by atoms with Gasteiger partial charge in [0.1, 0.15) is 0 Å². The Morgan fingerprint density at radius 1 is 1.35 bits per heavy atom. The SMILES string of the molecule is CN(C1CCOC1)C(CN)c1ccc(C(F)(F)F)cc1. The van der Waals surface area contributed by atoms with Crippen molar-refractivity contribution >= 4 is 0 Å². The topological polar surface area (TPSA) is 38.5 Å². The second kappa shape index (κ2) is 6.11. The highest BCUT2D eigenvalue weighted by atomic mass is 19.4. The van der Waals surface area contributed by atoms with Gasteiger partial charge >= 0.3 is 6.18 Å². The molecule has 2 atom stereocenters. The predicted octanol–water partition coefficient (Wildman–Crippen LogP) is 2.43. The molecule has 0 saturated carbocycles. The Morgan fingerprint density at radius 3 is 2.45 bits per heavy atom. The zero-order valence-corrected chi connectivity index (χ0v) is 11.4. The first-order valence-corrected chi connectivity index (χ1v) is 6.60. The zero-order chi connectivity index (χ0) is 14.8. The molecular formula is C14H19F3N2O. The van der Waals surface area contributed by atoms with Crippen molar-refractivity contribution in [2.24, 2.45) is 5.73 Å². The smallest absolute Gasteiger partial charge is 0.380 e. The van der Waals surface area contributed by atoms with Gasteiger partial charge in [0.2, 0.25) is 0 Å². The first-order valence-electron chi connectivity index (χ1n) is 6.60. The first kappa shape index (κ1) is 15.3. The summed E-state index contributed by atoms with van der Waals surface area (Å²) in [6, 6.07) is 5.41. The van der Waals surface area contributed by atoms with Gasteiger partial charge in [-0.2, -0.15) is 13.2 Å². The van der Waals surface area contributed by atoms with E-state index in [0.29, 0.717) is 13.2 Å². The highest BCUT2D eigenvalue weighted by molar-refractivity contribution is 5.27. The minimum atomic E-state index is -4.30. The molecule has 2 rings (SSSR count). The molecule has 2 N–H and O–H groups in total. The number of halogens is 3. The summed E-state index contributed by atoms with van der Waals surface area (Å²) in [6.45, 7) is 1.73. The van der Waals surface area contributed by atoms with Crippen LogP contribution < -0.4 is 5.73 Å². The highest BCUT2D eigenvalue weighted by Crippen LogP contribution is 2.31. The second-order valence-corrected chi connectivity index (χ2v) is 5.05. The molecule has 1 aromatic carbocycles. The van der Waals surface area contributed by atoms with Gasteiger partial charge in [0.15, 0.2) is 0 Å². The van der Waals surface area contributed by atoms with Crippen molar-refractivity contribution in [3.8, 4) is 0 Å². The number of hydrogen-bond donors (Lipinski definition) is 1. The third-order valence-electron chi connectivity index (χ3n) is 3.82. The van der Waals surface area contributed by atoms with Gasteiger partial charge in [-0.3, -0.25) is 4.90 Å². The molecule has 1 heterocycles. The maximum absolute atomic E-state index is 12.6. The summed E-state index contributed by atoms with van der Waals surface area (Å²) in [7, 11) is 1.94. The van der Waals surface area contributed by atoms with Crippen molar-refractivity contribution in [2.75, 3.05) is 26.8 Å². The molecular weight excluding hydrogens is 269 g/mol. The van der Waals surface area contributed by atoms with Crippen LogP contribution >= 0.6 is 0 Å². The molecule has 0 aromatic heterocycles. The summed E-state index contributed by atoms with van der Waals surface area (Å²) in [5, 5.41) is 0. The lowest BCUT2D eigenvalue weighted by Gasteiger charge is -2.32. The van der Waals surface area contributed by atoms with Crippen LogP contribution in [0.4, 0.5) is 13.2 Å². The van der Waals surface area contributed by atoms with Gasteiger partial charge < -0.3 is 10.5 Å². The second-order valence-electron chi connectivity index (χ2n) is 5.05. The molecule has 0 amide bonds. The molecule has 0 radical (unpaired) electrons.